The third kappa shape index (κ3) is 2.92. The zero-order chi connectivity index (χ0) is 18.3. The highest BCUT2D eigenvalue weighted by atomic mass is 35.5. The van der Waals surface area contributed by atoms with Gasteiger partial charge in [-0.2, -0.15) is 0 Å². The number of thioether (sulfide) groups is 1. The second-order valence-corrected chi connectivity index (χ2v) is 7.52. The molecule has 1 fully saturated rings. The minimum Gasteiger partial charge on any atom is -0.364 e. The van der Waals surface area contributed by atoms with Crippen molar-refractivity contribution in [3.05, 3.63) is 70.7 Å². The molecule has 130 valence electrons. The van der Waals surface area contributed by atoms with Crippen LogP contribution in [0.15, 0.2) is 60.7 Å². The Balaban J connectivity index is 1.68. The number of halogens is 2. The van der Waals surface area contributed by atoms with Crippen molar-refractivity contribution in [1.29, 1.82) is 0 Å². The lowest BCUT2D eigenvalue weighted by atomic mass is 10.1. The van der Waals surface area contributed by atoms with E-state index in [0.717, 1.165) is 22.5 Å². The van der Waals surface area contributed by atoms with Gasteiger partial charge < -0.3 is 5.32 Å². The first-order chi connectivity index (χ1) is 12.6. The fraction of sp³-hybridized carbons (Fsp3) is 0.0526. The van der Waals surface area contributed by atoms with Gasteiger partial charge in [0.2, 0.25) is 0 Å². The number of nitrogens with one attached hydrogen (secondary N) is 1. The van der Waals surface area contributed by atoms with Gasteiger partial charge >= 0.3 is 0 Å². The molecule has 4 nitrogen and oxygen atoms in total. The summed E-state index contributed by atoms with van der Waals surface area (Å²) in [5.74, 6) is -0.340. The van der Waals surface area contributed by atoms with Crippen molar-refractivity contribution in [2.75, 3.05) is 10.2 Å². The van der Waals surface area contributed by atoms with Crippen LogP contribution < -0.4 is 10.2 Å². The number of amides is 2. The maximum Gasteiger partial charge on any atom is 0.295 e. The third-order valence-electron chi connectivity index (χ3n) is 4.09. The summed E-state index contributed by atoms with van der Waals surface area (Å²) in [5.41, 5.74) is 1.09. The molecule has 26 heavy (non-hydrogen) atoms. The monoisotopic (exact) mass is 402 g/mol. The number of benzene rings is 3. The lowest BCUT2D eigenvalue weighted by molar-refractivity contribution is -0.116. The summed E-state index contributed by atoms with van der Waals surface area (Å²) in [4.78, 5) is 26.7. The summed E-state index contributed by atoms with van der Waals surface area (Å²) in [6.07, 6.45) is 0. The average Bonchev–Trinajstić information content (AvgIpc) is 2.92. The molecular formula is C19H12Cl2N2O2S. The molecule has 0 radical (unpaired) electrons. The van der Waals surface area contributed by atoms with E-state index in [4.69, 9.17) is 23.2 Å². The van der Waals surface area contributed by atoms with Crippen molar-refractivity contribution < 1.29 is 9.59 Å². The van der Waals surface area contributed by atoms with E-state index in [0.29, 0.717) is 21.4 Å². The van der Waals surface area contributed by atoms with Crippen LogP contribution in [-0.4, -0.2) is 16.5 Å². The summed E-state index contributed by atoms with van der Waals surface area (Å²) < 4.78 is 0. The Morgan fingerprint density at radius 2 is 1.65 bits per heavy atom. The number of imide groups is 1. The molecule has 0 saturated carbocycles. The van der Waals surface area contributed by atoms with Gasteiger partial charge in [-0.1, -0.05) is 65.7 Å². The summed E-state index contributed by atoms with van der Waals surface area (Å²) >= 11 is 13.1. The van der Waals surface area contributed by atoms with Crippen molar-refractivity contribution >= 4 is 68.3 Å². The Labute approximate surface area is 164 Å². The van der Waals surface area contributed by atoms with E-state index in [9.17, 15) is 9.59 Å². The Hall–Kier alpha value is -2.21. The molecule has 1 heterocycles. The van der Waals surface area contributed by atoms with Crippen molar-refractivity contribution in [2.45, 2.75) is 5.37 Å². The highest BCUT2D eigenvalue weighted by Gasteiger charge is 2.41. The molecule has 1 unspecified atom stereocenters. The Kier molecular flexibility index (Phi) is 4.53. The fourth-order valence-electron chi connectivity index (χ4n) is 2.88. The number of carbonyl (C=O) groups is 2. The third-order valence-corrected chi connectivity index (χ3v) is 5.85. The number of hydrogen-bond donors (Lipinski definition) is 1. The second kappa shape index (κ2) is 6.83. The number of hydrogen-bond acceptors (Lipinski definition) is 4. The van der Waals surface area contributed by atoms with Crippen LogP contribution in [-0.2, 0) is 4.79 Å². The number of nitrogens with zero attached hydrogens (tertiary/aromatic N) is 1. The van der Waals surface area contributed by atoms with Gasteiger partial charge in [0.05, 0.1) is 21.4 Å². The molecule has 0 bridgehead atoms. The largest absolute Gasteiger partial charge is 0.364 e. The van der Waals surface area contributed by atoms with Gasteiger partial charge in [-0.25, -0.2) is 4.90 Å². The fourth-order valence-corrected chi connectivity index (χ4v) is 4.12. The molecule has 1 atom stereocenters. The minimum atomic E-state index is -0.766. The van der Waals surface area contributed by atoms with E-state index < -0.39 is 5.37 Å². The van der Waals surface area contributed by atoms with Crippen LogP contribution in [0.1, 0.15) is 0 Å². The van der Waals surface area contributed by atoms with Gasteiger partial charge in [-0.3, -0.25) is 9.59 Å². The van der Waals surface area contributed by atoms with Gasteiger partial charge in [-0.15, -0.1) is 0 Å². The lowest BCUT2D eigenvalue weighted by Crippen LogP contribution is -2.34. The van der Waals surface area contributed by atoms with Crippen LogP contribution in [0.2, 0.25) is 10.0 Å². The first-order valence-corrected chi connectivity index (χ1v) is 9.43. The van der Waals surface area contributed by atoms with Gasteiger partial charge in [0.1, 0.15) is 0 Å². The Morgan fingerprint density at radius 3 is 2.50 bits per heavy atom. The Morgan fingerprint density at radius 1 is 0.923 bits per heavy atom. The van der Waals surface area contributed by atoms with E-state index >= 15 is 0 Å². The maximum absolute atomic E-state index is 12.9. The summed E-state index contributed by atoms with van der Waals surface area (Å²) in [6, 6.07) is 18.3. The van der Waals surface area contributed by atoms with Crippen LogP contribution in [0.3, 0.4) is 0 Å². The molecule has 3 aromatic rings. The molecule has 1 N–H and O–H groups in total. The van der Waals surface area contributed by atoms with Crippen LogP contribution >= 0.6 is 35.0 Å². The molecule has 1 aliphatic heterocycles. The molecule has 1 saturated heterocycles. The normalized spacial score (nSPS) is 17.2. The maximum atomic E-state index is 12.9. The standard InChI is InChI=1S/C19H12Cl2N2O2S/c20-13-8-4-9-14(16(13)21)22-17-18(24)23(19(25)26-17)15-10-3-6-11-5-1-2-7-12(11)15/h1-10,17,22H. The first-order valence-electron chi connectivity index (χ1n) is 7.79. The summed E-state index contributed by atoms with van der Waals surface area (Å²) in [5, 5.41) is 4.42. The molecule has 0 aromatic heterocycles. The van der Waals surface area contributed by atoms with Gasteiger partial charge in [0, 0.05) is 5.39 Å². The zero-order valence-electron chi connectivity index (χ0n) is 13.3. The van der Waals surface area contributed by atoms with E-state index in [-0.39, 0.29) is 11.1 Å². The number of rotatable bonds is 3. The smallest absolute Gasteiger partial charge is 0.295 e. The van der Waals surface area contributed by atoms with Crippen molar-refractivity contribution in [3.8, 4) is 0 Å². The number of anilines is 2. The van der Waals surface area contributed by atoms with E-state index in [1.165, 1.54) is 4.90 Å². The van der Waals surface area contributed by atoms with E-state index in [1.807, 2.05) is 36.4 Å². The molecule has 4 rings (SSSR count). The lowest BCUT2D eigenvalue weighted by Gasteiger charge is -2.17. The first kappa shape index (κ1) is 17.2. The van der Waals surface area contributed by atoms with Crippen LogP contribution in [0.4, 0.5) is 16.2 Å². The van der Waals surface area contributed by atoms with Crippen molar-refractivity contribution in [2.24, 2.45) is 0 Å². The van der Waals surface area contributed by atoms with Gasteiger partial charge in [0.25, 0.3) is 11.1 Å². The molecular weight excluding hydrogens is 391 g/mol. The van der Waals surface area contributed by atoms with Crippen LogP contribution in [0, 0.1) is 0 Å². The highest BCUT2D eigenvalue weighted by Crippen LogP contribution is 2.38. The molecule has 3 aromatic carbocycles. The molecule has 2 amide bonds. The van der Waals surface area contributed by atoms with Crippen molar-refractivity contribution in [3.63, 3.8) is 0 Å². The number of carbonyl (C=O) groups excluding carboxylic acids is 2. The zero-order valence-corrected chi connectivity index (χ0v) is 15.6. The predicted octanol–water partition coefficient (Wildman–Crippen LogP) is 5.78. The second-order valence-electron chi connectivity index (χ2n) is 5.68. The SMILES string of the molecule is O=C1SC(Nc2cccc(Cl)c2Cl)C(=O)N1c1cccc2ccccc12. The van der Waals surface area contributed by atoms with Crippen molar-refractivity contribution in [1.82, 2.24) is 0 Å². The molecule has 0 aliphatic carbocycles. The highest BCUT2D eigenvalue weighted by molar-refractivity contribution is 8.16. The predicted molar refractivity (Wildman–Crippen MR) is 108 cm³/mol. The van der Waals surface area contributed by atoms with Crippen LogP contribution in [0.25, 0.3) is 10.8 Å². The van der Waals surface area contributed by atoms with Gasteiger partial charge in [0.15, 0.2) is 5.37 Å². The quantitative estimate of drug-likeness (QED) is 0.602. The average molecular weight is 403 g/mol. The minimum absolute atomic E-state index is 0.318. The topological polar surface area (TPSA) is 49.4 Å². The van der Waals surface area contributed by atoms with Gasteiger partial charge in [-0.05, 0) is 35.3 Å². The molecule has 1 aliphatic rings. The van der Waals surface area contributed by atoms with Crippen LogP contribution in [0.5, 0.6) is 0 Å². The molecule has 7 heteroatoms. The summed E-state index contributed by atoms with van der Waals surface area (Å²) in [7, 11) is 0. The molecule has 0 spiro atoms. The van der Waals surface area contributed by atoms with E-state index in [1.54, 1.807) is 24.3 Å². The number of fused-ring (bicyclic) bond motifs is 1. The Bertz CT molecular complexity index is 1040. The summed E-state index contributed by atoms with van der Waals surface area (Å²) in [6.45, 7) is 0. The van der Waals surface area contributed by atoms with E-state index in [2.05, 4.69) is 5.32 Å².